The van der Waals surface area contributed by atoms with Gasteiger partial charge in [-0.25, -0.2) is 0 Å². The maximum absolute atomic E-state index is 12.9. The van der Waals surface area contributed by atoms with E-state index in [1.54, 1.807) is 26.0 Å². The lowest BCUT2D eigenvalue weighted by Crippen LogP contribution is -2.47. The molecule has 1 atom stereocenters. The summed E-state index contributed by atoms with van der Waals surface area (Å²) in [5.41, 5.74) is -0.0847. The maximum atomic E-state index is 12.9. The van der Waals surface area contributed by atoms with Gasteiger partial charge in [-0.05, 0) is 44.6 Å². The number of nitro groups is 1. The fourth-order valence-electron chi connectivity index (χ4n) is 4.30. The van der Waals surface area contributed by atoms with E-state index < -0.39 is 17.4 Å². The molecule has 0 fully saturated rings. The standard InChI is InChI=1S/C22H31NO6/c1-4-7-8-9-11-16-14-22(20(24)28-5-2,21(25)29-6-3)15-17-12-10-13-18(19(16)17)23(26)27/h10,12-13,16H,4-9,11,14-15H2,1-3H3/t16-/m1/s1. The molecule has 160 valence electrons. The minimum absolute atomic E-state index is 0.0595. The predicted molar refractivity (Wildman–Crippen MR) is 109 cm³/mol. The number of hydrogen-bond acceptors (Lipinski definition) is 6. The summed E-state index contributed by atoms with van der Waals surface area (Å²) in [5.74, 6) is -1.48. The second kappa shape index (κ2) is 10.4. The van der Waals surface area contributed by atoms with Gasteiger partial charge in [0.1, 0.15) is 0 Å². The highest BCUT2D eigenvalue weighted by Gasteiger charge is 2.54. The molecule has 0 saturated heterocycles. The number of rotatable bonds is 10. The first-order chi connectivity index (χ1) is 13.9. The molecular formula is C22H31NO6. The molecule has 7 heteroatoms. The maximum Gasteiger partial charge on any atom is 0.323 e. The molecule has 0 aromatic heterocycles. The fourth-order valence-corrected chi connectivity index (χ4v) is 4.30. The normalized spacial score (nSPS) is 17.3. The van der Waals surface area contributed by atoms with E-state index in [2.05, 4.69) is 6.92 Å². The third-order valence-corrected chi connectivity index (χ3v) is 5.60. The van der Waals surface area contributed by atoms with Crippen LogP contribution < -0.4 is 0 Å². The molecule has 0 amide bonds. The molecule has 0 heterocycles. The van der Waals surface area contributed by atoms with Crippen LogP contribution in [0, 0.1) is 15.5 Å². The topological polar surface area (TPSA) is 95.7 Å². The minimum Gasteiger partial charge on any atom is -0.465 e. The van der Waals surface area contributed by atoms with Gasteiger partial charge >= 0.3 is 11.9 Å². The summed E-state index contributed by atoms with van der Waals surface area (Å²) in [6.45, 7) is 5.82. The van der Waals surface area contributed by atoms with Gasteiger partial charge in [0, 0.05) is 11.6 Å². The fraction of sp³-hybridized carbons (Fsp3) is 0.636. The van der Waals surface area contributed by atoms with Crippen LogP contribution in [0.5, 0.6) is 0 Å². The zero-order valence-corrected chi connectivity index (χ0v) is 17.6. The van der Waals surface area contributed by atoms with Crippen LogP contribution in [-0.2, 0) is 25.5 Å². The molecule has 0 spiro atoms. The second-order valence-corrected chi connectivity index (χ2v) is 7.56. The van der Waals surface area contributed by atoms with E-state index in [1.165, 1.54) is 6.07 Å². The number of benzene rings is 1. The largest absolute Gasteiger partial charge is 0.465 e. The number of nitro benzene ring substituents is 1. The van der Waals surface area contributed by atoms with Crippen molar-refractivity contribution in [3.8, 4) is 0 Å². The minimum atomic E-state index is -1.45. The van der Waals surface area contributed by atoms with Gasteiger partial charge in [0.15, 0.2) is 5.41 Å². The summed E-state index contributed by atoms with van der Waals surface area (Å²) >= 11 is 0. The van der Waals surface area contributed by atoms with Crippen LogP contribution in [-0.4, -0.2) is 30.1 Å². The van der Waals surface area contributed by atoms with Crippen molar-refractivity contribution in [3.05, 3.63) is 39.4 Å². The Balaban J connectivity index is 2.51. The van der Waals surface area contributed by atoms with E-state index in [0.29, 0.717) is 17.5 Å². The summed E-state index contributed by atoms with van der Waals surface area (Å²) in [4.78, 5) is 37.1. The molecule has 1 aromatic carbocycles. The molecule has 1 aliphatic carbocycles. The molecular weight excluding hydrogens is 374 g/mol. The van der Waals surface area contributed by atoms with Crippen LogP contribution in [0.3, 0.4) is 0 Å². The van der Waals surface area contributed by atoms with E-state index in [0.717, 1.165) is 25.7 Å². The average molecular weight is 405 g/mol. The van der Waals surface area contributed by atoms with Gasteiger partial charge < -0.3 is 9.47 Å². The number of hydrogen-bond donors (Lipinski definition) is 0. The van der Waals surface area contributed by atoms with Gasteiger partial charge in [0.2, 0.25) is 0 Å². The van der Waals surface area contributed by atoms with Crippen molar-refractivity contribution >= 4 is 17.6 Å². The second-order valence-electron chi connectivity index (χ2n) is 7.56. The Morgan fingerprint density at radius 3 is 2.31 bits per heavy atom. The number of unbranched alkanes of at least 4 members (excludes halogenated alkanes) is 3. The number of carbonyl (C=O) groups excluding carboxylic acids is 2. The summed E-state index contributed by atoms with van der Waals surface area (Å²) in [5, 5.41) is 11.7. The van der Waals surface area contributed by atoms with Gasteiger partial charge in [-0.3, -0.25) is 19.7 Å². The zero-order chi connectivity index (χ0) is 21.4. The molecule has 1 aliphatic rings. The Hall–Kier alpha value is -2.44. The first-order valence-electron chi connectivity index (χ1n) is 10.5. The van der Waals surface area contributed by atoms with Crippen LogP contribution in [0.1, 0.15) is 76.3 Å². The Bertz CT molecular complexity index is 727. The summed E-state index contributed by atoms with van der Waals surface area (Å²) in [7, 11) is 0. The third kappa shape index (κ3) is 4.95. The Labute approximate surface area is 171 Å². The summed E-state index contributed by atoms with van der Waals surface area (Å²) < 4.78 is 10.5. The van der Waals surface area contributed by atoms with Gasteiger partial charge in [-0.1, -0.05) is 44.7 Å². The number of ether oxygens (including phenoxy) is 2. The molecule has 1 aromatic rings. The number of carbonyl (C=O) groups is 2. The van der Waals surface area contributed by atoms with Gasteiger partial charge in [-0.2, -0.15) is 0 Å². The molecule has 0 radical (unpaired) electrons. The van der Waals surface area contributed by atoms with Crippen LogP contribution in [0.25, 0.3) is 0 Å². The summed E-state index contributed by atoms with van der Waals surface area (Å²) in [6, 6.07) is 4.88. The Morgan fingerprint density at radius 2 is 1.76 bits per heavy atom. The first-order valence-corrected chi connectivity index (χ1v) is 10.5. The zero-order valence-electron chi connectivity index (χ0n) is 17.6. The van der Waals surface area contributed by atoms with Crippen molar-refractivity contribution in [2.75, 3.05) is 13.2 Å². The average Bonchev–Trinajstić information content (AvgIpc) is 2.70. The van der Waals surface area contributed by atoms with E-state index in [9.17, 15) is 19.7 Å². The molecule has 0 N–H and O–H groups in total. The highest BCUT2D eigenvalue weighted by Crippen LogP contribution is 2.49. The van der Waals surface area contributed by atoms with E-state index in [4.69, 9.17) is 9.47 Å². The van der Waals surface area contributed by atoms with Crippen molar-refractivity contribution in [2.45, 2.75) is 71.6 Å². The van der Waals surface area contributed by atoms with Gasteiger partial charge in [-0.15, -0.1) is 0 Å². The van der Waals surface area contributed by atoms with Crippen LogP contribution in [0.4, 0.5) is 5.69 Å². The number of fused-ring (bicyclic) bond motifs is 1. The molecule has 7 nitrogen and oxygen atoms in total. The van der Waals surface area contributed by atoms with Gasteiger partial charge in [0.25, 0.3) is 5.69 Å². The smallest absolute Gasteiger partial charge is 0.323 e. The number of esters is 2. The molecule has 2 rings (SSSR count). The number of nitrogens with zero attached hydrogens (tertiary/aromatic N) is 1. The van der Waals surface area contributed by atoms with Crippen molar-refractivity contribution in [3.63, 3.8) is 0 Å². The molecule has 0 aliphatic heterocycles. The van der Waals surface area contributed by atoms with E-state index in [1.807, 2.05) is 0 Å². The van der Waals surface area contributed by atoms with Crippen molar-refractivity contribution in [1.82, 2.24) is 0 Å². The SMILES string of the molecule is CCCCCC[C@@H]1CC(C(=O)OCC)(C(=O)OCC)Cc2cccc([N+](=O)[O-])c21. The summed E-state index contributed by atoms with van der Waals surface area (Å²) in [6.07, 6.45) is 4.97. The molecule has 0 unspecified atom stereocenters. The first kappa shape index (κ1) is 22.8. The lowest BCUT2D eigenvalue weighted by molar-refractivity contribution is -0.385. The molecule has 0 saturated carbocycles. The quantitative estimate of drug-likeness (QED) is 0.184. The van der Waals surface area contributed by atoms with Crippen molar-refractivity contribution in [1.29, 1.82) is 0 Å². The lowest BCUT2D eigenvalue weighted by atomic mass is 9.65. The van der Waals surface area contributed by atoms with E-state index in [-0.39, 0.29) is 42.6 Å². The van der Waals surface area contributed by atoms with Gasteiger partial charge in [0.05, 0.1) is 18.1 Å². The Kier molecular flexibility index (Phi) is 8.17. The lowest BCUT2D eigenvalue weighted by Gasteiger charge is -2.38. The third-order valence-electron chi connectivity index (χ3n) is 5.60. The van der Waals surface area contributed by atoms with Crippen molar-refractivity contribution in [2.24, 2.45) is 5.41 Å². The monoisotopic (exact) mass is 405 g/mol. The van der Waals surface area contributed by atoms with E-state index >= 15 is 0 Å². The van der Waals surface area contributed by atoms with Crippen LogP contribution >= 0.6 is 0 Å². The molecule has 29 heavy (non-hydrogen) atoms. The Morgan fingerprint density at radius 1 is 1.10 bits per heavy atom. The van der Waals surface area contributed by atoms with Crippen molar-refractivity contribution < 1.29 is 24.0 Å². The van der Waals surface area contributed by atoms with Crippen LogP contribution in [0.2, 0.25) is 0 Å². The highest BCUT2D eigenvalue weighted by atomic mass is 16.6. The van der Waals surface area contributed by atoms with Crippen LogP contribution in [0.15, 0.2) is 18.2 Å². The predicted octanol–water partition coefficient (Wildman–Crippen LogP) is 4.71. The molecule has 0 bridgehead atoms. The highest BCUT2D eigenvalue weighted by molar-refractivity contribution is 6.01.